The molecule has 0 aromatic heterocycles. The first-order valence-electron chi connectivity index (χ1n) is 4.71. The Morgan fingerprint density at radius 1 is 1.45 bits per heavy atom. The first kappa shape index (κ1) is 9.01. The van der Waals surface area contributed by atoms with Gasteiger partial charge >= 0.3 is 0 Å². The van der Waals surface area contributed by atoms with Crippen molar-refractivity contribution in [3.63, 3.8) is 0 Å². The molecule has 1 aliphatic rings. The minimum Gasteiger partial charge on any atom is -0.330 e. The zero-order valence-corrected chi connectivity index (χ0v) is 7.71. The summed E-state index contributed by atoms with van der Waals surface area (Å²) >= 11 is 0. The SMILES string of the molecule is CC(C)N(CCCN)C1CC1. The summed E-state index contributed by atoms with van der Waals surface area (Å²) in [4.78, 5) is 2.58. The van der Waals surface area contributed by atoms with Crippen LogP contribution in [0.1, 0.15) is 33.1 Å². The van der Waals surface area contributed by atoms with Gasteiger partial charge in [-0.2, -0.15) is 0 Å². The molecule has 66 valence electrons. The number of hydrogen-bond donors (Lipinski definition) is 1. The lowest BCUT2D eigenvalue weighted by Gasteiger charge is -2.25. The Morgan fingerprint density at radius 2 is 2.09 bits per heavy atom. The third-order valence-electron chi connectivity index (χ3n) is 2.30. The predicted octanol–water partition coefficient (Wildman–Crippen LogP) is 1.21. The monoisotopic (exact) mass is 156 g/mol. The summed E-state index contributed by atoms with van der Waals surface area (Å²) in [5, 5.41) is 0. The summed E-state index contributed by atoms with van der Waals surface area (Å²) in [5.41, 5.74) is 5.47. The average Bonchev–Trinajstić information content (AvgIpc) is 2.71. The second kappa shape index (κ2) is 4.07. The molecule has 0 bridgehead atoms. The zero-order chi connectivity index (χ0) is 8.27. The third-order valence-corrected chi connectivity index (χ3v) is 2.30. The fraction of sp³-hybridized carbons (Fsp3) is 1.00. The van der Waals surface area contributed by atoms with E-state index in [0.29, 0.717) is 6.04 Å². The Morgan fingerprint density at radius 3 is 2.45 bits per heavy atom. The molecule has 0 aromatic carbocycles. The third kappa shape index (κ3) is 2.80. The van der Waals surface area contributed by atoms with Crippen molar-refractivity contribution in [2.45, 2.75) is 45.2 Å². The summed E-state index contributed by atoms with van der Waals surface area (Å²) in [6.45, 7) is 6.57. The van der Waals surface area contributed by atoms with Gasteiger partial charge in [-0.3, -0.25) is 4.90 Å². The predicted molar refractivity (Wildman–Crippen MR) is 48.5 cm³/mol. The number of rotatable bonds is 5. The van der Waals surface area contributed by atoms with E-state index in [-0.39, 0.29) is 0 Å². The van der Waals surface area contributed by atoms with Crippen LogP contribution in [0, 0.1) is 0 Å². The van der Waals surface area contributed by atoms with Gasteiger partial charge in [-0.05, 0) is 46.2 Å². The minimum atomic E-state index is 0.703. The zero-order valence-electron chi connectivity index (χ0n) is 7.71. The van der Waals surface area contributed by atoms with E-state index in [4.69, 9.17) is 5.73 Å². The summed E-state index contributed by atoms with van der Waals surface area (Å²) in [7, 11) is 0. The van der Waals surface area contributed by atoms with Crippen LogP contribution >= 0.6 is 0 Å². The van der Waals surface area contributed by atoms with E-state index in [0.717, 1.165) is 19.0 Å². The van der Waals surface area contributed by atoms with E-state index < -0.39 is 0 Å². The van der Waals surface area contributed by atoms with Crippen LogP contribution in [0.4, 0.5) is 0 Å². The van der Waals surface area contributed by atoms with Crippen molar-refractivity contribution in [1.29, 1.82) is 0 Å². The van der Waals surface area contributed by atoms with Crippen LogP contribution in [-0.4, -0.2) is 30.1 Å². The van der Waals surface area contributed by atoms with Crippen molar-refractivity contribution < 1.29 is 0 Å². The molecule has 0 aliphatic heterocycles. The highest BCUT2D eigenvalue weighted by atomic mass is 15.2. The van der Waals surface area contributed by atoms with Gasteiger partial charge in [-0.15, -0.1) is 0 Å². The van der Waals surface area contributed by atoms with Crippen LogP contribution in [0.25, 0.3) is 0 Å². The molecule has 0 aromatic rings. The maximum absolute atomic E-state index is 5.47. The number of hydrogen-bond acceptors (Lipinski definition) is 2. The Balaban J connectivity index is 2.21. The molecule has 2 N–H and O–H groups in total. The Labute approximate surface area is 69.8 Å². The molecule has 0 saturated heterocycles. The van der Waals surface area contributed by atoms with E-state index in [1.54, 1.807) is 0 Å². The molecule has 0 heterocycles. The second-order valence-corrected chi connectivity index (χ2v) is 3.70. The first-order chi connectivity index (χ1) is 5.25. The van der Waals surface area contributed by atoms with E-state index in [2.05, 4.69) is 18.7 Å². The molecule has 1 aliphatic carbocycles. The smallest absolute Gasteiger partial charge is 0.00991 e. The van der Waals surface area contributed by atoms with Gasteiger partial charge in [0.2, 0.25) is 0 Å². The topological polar surface area (TPSA) is 29.3 Å². The van der Waals surface area contributed by atoms with Crippen LogP contribution < -0.4 is 5.73 Å². The van der Waals surface area contributed by atoms with Gasteiger partial charge in [0.15, 0.2) is 0 Å². The van der Waals surface area contributed by atoms with Crippen LogP contribution in [0.2, 0.25) is 0 Å². The quantitative estimate of drug-likeness (QED) is 0.648. The van der Waals surface area contributed by atoms with E-state index in [1.807, 2.05) is 0 Å². The maximum atomic E-state index is 5.47. The fourth-order valence-corrected chi connectivity index (χ4v) is 1.54. The lowest BCUT2D eigenvalue weighted by atomic mass is 10.3. The van der Waals surface area contributed by atoms with Gasteiger partial charge in [0.05, 0.1) is 0 Å². The normalized spacial score (nSPS) is 18.3. The van der Waals surface area contributed by atoms with Crippen molar-refractivity contribution in [3.05, 3.63) is 0 Å². The van der Waals surface area contributed by atoms with E-state index in [9.17, 15) is 0 Å². The van der Waals surface area contributed by atoms with Gasteiger partial charge < -0.3 is 5.73 Å². The first-order valence-corrected chi connectivity index (χ1v) is 4.71. The van der Waals surface area contributed by atoms with Crippen LogP contribution in [0.15, 0.2) is 0 Å². The van der Waals surface area contributed by atoms with Crippen LogP contribution in [0.3, 0.4) is 0 Å². The standard InChI is InChI=1S/C9H20N2/c1-8(2)11(7-3-6-10)9-4-5-9/h8-9H,3-7,10H2,1-2H3. The van der Waals surface area contributed by atoms with Crippen molar-refractivity contribution in [1.82, 2.24) is 4.90 Å². The van der Waals surface area contributed by atoms with Gasteiger partial charge in [-0.25, -0.2) is 0 Å². The van der Waals surface area contributed by atoms with Crippen molar-refractivity contribution >= 4 is 0 Å². The highest BCUT2D eigenvalue weighted by Crippen LogP contribution is 2.28. The molecular weight excluding hydrogens is 136 g/mol. The molecule has 2 nitrogen and oxygen atoms in total. The Hall–Kier alpha value is -0.0800. The van der Waals surface area contributed by atoms with Gasteiger partial charge in [0.25, 0.3) is 0 Å². The summed E-state index contributed by atoms with van der Waals surface area (Å²) in [6, 6.07) is 1.59. The molecule has 11 heavy (non-hydrogen) atoms. The number of nitrogens with two attached hydrogens (primary N) is 1. The van der Waals surface area contributed by atoms with Crippen molar-refractivity contribution in [2.75, 3.05) is 13.1 Å². The highest BCUT2D eigenvalue weighted by Gasteiger charge is 2.29. The summed E-state index contributed by atoms with van der Waals surface area (Å²) < 4.78 is 0. The largest absolute Gasteiger partial charge is 0.330 e. The summed E-state index contributed by atoms with van der Waals surface area (Å²) in [5.74, 6) is 0. The lowest BCUT2D eigenvalue weighted by molar-refractivity contribution is 0.210. The molecule has 1 fully saturated rings. The molecule has 0 unspecified atom stereocenters. The van der Waals surface area contributed by atoms with Crippen LogP contribution in [-0.2, 0) is 0 Å². The van der Waals surface area contributed by atoms with Gasteiger partial charge in [0.1, 0.15) is 0 Å². The minimum absolute atomic E-state index is 0.703. The molecule has 0 amide bonds. The molecule has 1 rings (SSSR count). The number of nitrogens with zero attached hydrogens (tertiary/aromatic N) is 1. The molecule has 2 heteroatoms. The highest BCUT2D eigenvalue weighted by molar-refractivity contribution is 4.86. The van der Waals surface area contributed by atoms with Crippen molar-refractivity contribution in [2.24, 2.45) is 5.73 Å². The van der Waals surface area contributed by atoms with Crippen LogP contribution in [0.5, 0.6) is 0 Å². The lowest BCUT2D eigenvalue weighted by Crippen LogP contribution is -2.34. The van der Waals surface area contributed by atoms with E-state index in [1.165, 1.54) is 19.4 Å². The summed E-state index contributed by atoms with van der Waals surface area (Å²) in [6.07, 6.45) is 3.96. The Kier molecular flexibility index (Phi) is 3.34. The average molecular weight is 156 g/mol. The molecule has 0 spiro atoms. The fourth-order valence-electron chi connectivity index (χ4n) is 1.54. The van der Waals surface area contributed by atoms with E-state index >= 15 is 0 Å². The Bertz CT molecular complexity index is 106. The molecule has 1 saturated carbocycles. The molecule has 0 atom stereocenters. The maximum Gasteiger partial charge on any atom is 0.00991 e. The van der Waals surface area contributed by atoms with Crippen molar-refractivity contribution in [3.8, 4) is 0 Å². The molecular formula is C9H20N2. The van der Waals surface area contributed by atoms with Gasteiger partial charge in [-0.1, -0.05) is 0 Å². The van der Waals surface area contributed by atoms with Gasteiger partial charge in [0, 0.05) is 12.1 Å². The second-order valence-electron chi connectivity index (χ2n) is 3.70. The molecule has 0 radical (unpaired) electrons.